The lowest BCUT2D eigenvalue weighted by molar-refractivity contribution is 0.297. The molecule has 0 rings (SSSR count). The second-order valence-corrected chi connectivity index (χ2v) is 6.88. The number of hydrogen-bond acceptors (Lipinski definition) is 4. The monoisotopic (exact) mass is 250 g/mol. The molecule has 0 saturated heterocycles. The largest absolute Gasteiger partial charge is 0.319 e. The van der Waals surface area contributed by atoms with Gasteiger partial charge in [0.05, 0.1) is 5.75 Å². The first-order chi connectivity index (χ1) is 7.41. The summed E-state index contributed by atoms with van der Waals surface area (Å²) in [5.41, 5.74) is 0. The Hall–Kier alpha value is -0.130. The minimum absolute atomic E-state index is 0.281. The van der Waals surface area contributed by atoms with Crippen LogP contribution in [-0.2, 0) is 9.84 Å². The molecule has 1 N–H and O–H groups in total. The molecule has 1 unspecified atom stereocenters. The van der Waals surface area contributed by atoms with Crippen molar-refractivity contribution in [3.8, 4) is 0 Å². The molecular formula is C11H26N2O2S. The summed E-state index contributed by atoms with van der Waals surface area (Å²) in [5.74, 6) is 1.14. The van der Waals surface area contributed by atoms with Gasteiger partial charge < -0.3 is 10.2 Å². The molecule has 0 aromatic rings. The lowest BCUT2D eigenvalue weighted by Crippen LogP contribution is -2.33. The summed E-state index contributed by atoms with van der Waals surface area (Å²) in [6.45, 7) is 6.59. The molecule has 0 saturated carbocycles. The van der Waals surface area contributed by atoms with Gasteiger partial charge in [-0.1, -0.05) is 13.8 Å². The van der Waals surface area contributed by atoms with E-state index in [1.165, 1.54) is 0 Å². The van der Waals surface area contributed by atoms with Crippen molar-refractivity contribution in [2.45, 2.75) is 20.3 Å². The Morgan fingerprint density at radius 3 is 2.44 bits per heavy atom. The topological polar surface area (TPSA) is 49.4 Å². The van der Waals surface area contributed by atoms with Crippen LogP contribution in [0.25, 0.3) is 0 Å². The van der Waals surface area contributed by atoms with Crippen LogP contribution in [0.15, 0.2) is 0 Å². The quantitative estimate of drug-likeness (QED) is 0.651. The molecule has 5 heteroatoms. The van der Waals surface area contributed by atoms with E-state index in [1.54, 1.807) is 0 Å². The predicted molar refractivity (Wildman–Crippen MR) is 69.5 cm³/mol. The third-order valence-corrected chi connectivity index (χ3v) is 4.31. The van der Waals surface area contributed by atoms with Crippen LogP contribution in [0.5, 0.6) is 0 Å². The molecule has 1 atom stereocenters. The Morgan fingerprint density at radius 2 is 1.94 bits per heavy atom. The van der Waals surface area contributed by atoms with Gasteiger partial charge in [0.25, 0.3) is 0 Å². The average molecular weight is 250 g/mol. The molecule has 4 nitrogen and oxygen atoms in total. The molecule has 0 aliphatic carbocycles. The summed E-state index contributed by atoms with van der Waals surface area (Å²) in [4.78, 5) is 2.09. The molecule has 0 bridgehead atoms. The molecule has 0 amide bonds. The van der Waals surface area contributed by atoms with Crippen molar-refractivity contribution in [1.29, 1.82) is 0 Å². The lowest BCUT2D eigenvalue weighted by Gasteiger charge is -2.20. The highest BCUT2D eigenvalue weighted by atomic mass is 32.2. The van der Waals surface area contributed by atoms with Crippen LogP contribution in [-0.4, -0.2) is 58.6 Å². The van der Waals surface area contributed by atoms with E-state index in [-0.39, 0.29) is 5.75 Å². The Kier molecular flexibility index (Phi) is 7.97. The third kappa shape index (κ3) is 8.07. The number of nitrogens with one attached hydrogen (secondary N) is 1. The zero-order valence-corrected chi connectivity index (χ0v) is 11.8. The van der Waals surface area contributed by atoms with Gasteiger partial charge in [0.2, 0.25) is 0 Å². The van der Waals surface area contributed by atoms with Crippen molar-refractivity contribution in [1.82, 2.24) is 10.2 Å². The summed E-state index contributed by atoms with van der Waals surface area (Å²) >= 11 is 0. The molecule has 16 heavy (non-hydrogen) atoms. The van der Waals surface area contributed by atoms with E-state index >= 15 is 0 Å². The van der Waals surface area contributed by atoms with Gasteiger partial charge in [-0.25, -0.2) is 8.42 Å². The molecule has 0 aromatic carbocycles. The molecular weight excluding hydrogens is 224 g/mol. The van der Waals surface area contributed by atoms with Crippen LogP contribution in [0.2, 0.25) is 0 Å². The van der Waals surface area contributed by atoms with Crippen LogP contribution in [0.4, 0.5) is 0 Å². The fourth-order valence-corrected chi connectivity index (χ4v) is 3.16. The van der Waals surface area contributed by atoms with Crippen molar-refractivity contribution < 1.29 is 8.42 Å². The van der Waals surface area contributed by atoms with E-state index in [0.29, 0.717) is 24.6 Å². The maximum Gasteiger partial charge on any atom is 0.151 e. The number of sulfone groups is 1. The van der Waals surface area contributed by atoms with Crippen molar-refractivity contribution in [2.75, 3.05) is 45.2 Å². The molecule has 98 valence electrons. The van der Waals surface area contributed by atoms with Gasteiger partial charge in [-0.05, 0) is 33.0 Å². The molecule has 0 aliphatic rings. The fraction of sp³-hybridized carbons (Fsp3) is 1.00. The summed E-state index contributed by atoms with van der Waals surface area (Å²) in [5, 5.41) is 3.12. The van der Waals surface area contributed by atoms with Gasteiger partial charge in [0, 0.05) is 18.8 Å². The second kappa shape index (κ2) is 8.03. The number of nitrogens with zero attached hydrogens (tertiary/aromatic N) is 1. The van der Waals surface area contributed by atoms with E-state index in [1.807, 2.05) is 21.0 Å². The molecule has 0 fully saturated rings. The highest BCUT2D eigenvalue weighted by molar-refractivity contribution is 7.91. The van der Waals surface area contributed by atoms with E-state index in [4.69, 9.17) is 0 Å². The minimum atomic E-state index is -2.83. The molecule has 0 spiro atoms. The summed E-state index contributed by atoms with van der Waals surface area (Å²) in [6.07, 6.45) is 0.711. The van der Waals surface area contributed by atoms with Gasteiger partial charge in [0.15, 0.2) is 9.84 Å². The van der Waals surface area contributed by atoms with Crippen molar-refractivity contribution >= 4 is 9.84 Å². The molecule has 0 aromatic heterocycles. The zero-order chi connectivity index (χ0) is 12.6. The Bertz CT molecular complexity index is 265. The minimum Gasteiger partial charge on any atom is -0.319 e. The van der Waals surface area contributed by atoms with Gasteiger partial charge >= 0.3 is 0 Å². The zero-order valence-electron chi connectivity index (χ0n) is 11.0. The first kappa shape index (κ1) is 15.9. The Labute approximate surface area is 100 Å². The first-order valence-corrected chi connectivity index (χ1v) is 7.77. The normalized spacial score (nSPS) is 14.3. The van der Waals surface area contributed by atoms with E-state index in [9.17, 15) is 8.42 Å². The van der Waals surface area contributed by atoms with Crippen LogP contribution in [0.1, 0.15) is 20.3 Å². The van der Waals surface area contributed by atoms with Crippen molar-refractivity contribution in [2.24, 2.45) is 5.92 Å². The van der Waals surface area contributed by atoms with Gasteiger partial charge in [-0.15, -0.1) is 0 Å². The Morgan fingerprint density at radius 1 is 1.31 bits per heavy atom. The van der Waals surface area contributed by atoms with E-state index < -0.39 is 9.84 Å². The van der Waals surface area contributed by atoms with E-state index in [2.05, 4.69) is 17.1 Å². The molecule has 0 radical (unpaired) electrons. The fourth-order valence-electron chi connectivity index (χ4n) is 1.74. The maximum atomic E-state index is 11.5. The summed E-state index contributed by atoms with van der Waals surface area (Å²) < 4.78 is 23.0. The van der Waals surface area contributed by atoms with Crippen molar-refractivity contribution in [3.05, 3.63) is 0 Å². The highest BCUT2D eigenvalue weighted by Crippen LogP contribution is 1.99. The van der Waals surface area contributed by atoms with Gasteiger partial charge in [0.1, 0.15) is 0 Å². The standard InChI is InChI=1S/C11H26N2O2S/c1-5-7-16(14,15)8-6-13(4)10-11(2)9-12-3/h11-12H,5-10H2,1-4H3. The predicted octanol–water partition coefficient (Wildman–Crippen LogP) is 0.599. The Balaban J connectivity index is 3.84. The third-order valence-electron chi connectivity index (χ3n) is 2.48. The molecule has 0 heterocycles. The summed E-state index contributed by atoms with van der Waals surface area (Å²) in [6, 6.07) is 0. The van der Waals surface area contributed by atoms with Crippen molar-refractivity contribution in [3.63, 3.8) is 0 Å². The van der Waals surface area contributed by atoms with Crippen LogP contribution >= 0.6 is 0 Å². The van der Waals surface area contributed by atoms with Gasteiger partial charge in [-0.2, -0.15) is 0 Å². The first-order valence-electron chi connectivity index (χ1n) is 5.94. The maximum absolute atomic E-state index is 11.5. The summed E-state index contributed by atoms with van der Waals surface area (Å²) in [7, 11) is 1.08. The highest BCUT2D eigenvalue weighted by Gasteiger charge is 2.12. The average Bonchev–Trinajstić information content (AvgIpc) is 2.15. The number of rotatable bonds is 9. The van der Waals surface area contributed by atoms with Crippen LogP contribution in [0.3, 0.4) is 0 Å². The SMILES string of the molecule is CCCS(=O)(=O)CCN(C)CC(C)CNC. The second-order valence-electron chi connectivity index (χ2n) is 4.58. The number of hydrogen-bond donors (Lipinski definition) is 1. The lowest BCUT2D eigenvalue weighted by atomic mass is 10.2. The van der Waals surface area contributed by atoms with Gasteiger partial charge in [-0.3, -0.25) is 0 Å². The van der Waals surface area contributed by atoms with Crippen LogP contribution in [0, 0.1) is 5.92 Å². The van der Waals surface area contributed by atoms with Crippen LogP contribution < -0.4 is 5.32 Å². The molecule has 0 aliphatic heterocycles. The van der Waals surface area contributed by atoms with E-state index in [0.717, 1.165) is 13.1 Å². The smallest absolute Gasteiger partial charge is 0.151 e.